The maximum atomic E-state index is 10.2. The van der Waals surface area contributed by atoms with Crippen molar-refractivity contribution >= 4 is 11.9 Å². The van der Waals surface area contributed by atoms with Crippen LogP contribution >= 0.6 is 0 Å². The molecule has 0 atom stereocenters. The first-order valence-electron chi connectivity index (χ1n) is 10.3. The number of carboxylic acid groups (broad SMARTS) is 2. The van der Waals surface area contributed by atoms with E-state index in [4.69, 9.17) is 10.2 Å². The summed E-state index contributed by atoms with van der Waals surface area (Å²) in [5.41, 5.74) is 0. The lowest BCUT2D eigenvalue weighted by atomic mass is 10.1. The quantitative estimate of drug-likeness (QED) is 0.233. The van der Waals surface area contributed by atoms with Crippen LogP contribution in [0.3, 0.4) is 0 Å². The topological polar surface area (TPSA) is 74.6 Å². The molecule has 0 unspecified atom stereocenters. The molecule has 0 bridgehead atoms. The zero-order chi connectivity index (χ0) is 19.9. The highest BCUT2D eigenvalue weighted by atomic mass is 16.4. The predicted molar refractivity (Wildman–Crippen MR) is 110 cm³/mol. The SMILES string of the molecule is CCCC/C=C/CCCC(=O)O.CCCC/C=C/CCCCCC(=O)O. The molecule has 0 saturated heterocycles. The zero-order valence-electron chi connectivity index (χ0n) is 16.9. The number of hydrogen-bond donors (Lipinski definition) is 2. The van der Waals surface area contributed by atoms with E-state index in [1.807, 2.05) is 0 Å². The summed E-state index contributed by atoms with van der Waals surface area (Å²) in [6, 6.07) is 0. The highest BCUT2D eigenvalue weighted by molar-refractivity contribution is 5.66. The Morgan fingerprint density at radius 2 is 0.962 bits per heavy atom. The van der Waals surface area contributed by atoms with E-state index >= 15 is 0 Å². The largest absolute Gasteiger partial charge is 0.481 e. The summed E-state index contributed by atoms with van der Waals surface area (Å²) in [5, 5.41) is 16.7. The molecule has 4 nitrogen and oxygen atoms in total. The number of aliphatic carboxylic acids is 2. The fourth-order valence-corrected chi connectivity index (χ4v) is 2.20. The van der Waals surface area contributed by atoms with Gasteiger partial charge in [0.15, 0.2) is 0 Å². The predicted octanol–water partition coefficient (Wildman–Crippen LogP) is 6.76. The second kappa shape index (κ2) is 23.4. The zero-order valence-corrected chi connectivity index (χ0v) is 16.9. The second-order valence-corrected chi connectivity index (χ2v) is 6.51. The van der Waals surface area contributed by atoms with Gasteiger partial charge in [-0.05, 0) is 44.9 Å². The van der Waals surface area contributed by atoms with Gasteiger partial charge < -0.3 is 10.2 Å². The molecule has 0 spiro atoms. The molecule has 4 heteroatoms. The minimum Gasteiger partial charge on any atom is -0.481 e. The van der Waals surface area contributed by atoms with E-state index in [0.717, 1.165) is 44.9 Å². The first-order chi connectivity index (χ1) is 12.5. The van der Waals surface area contributed by atoms with Crippen molar-refractivity contribution in [1.82, 2.24) is 0 Å². The van der Waals surface area contributed by atoms with E-state index in [9.17, 15) is 9.59 Å². The molecule has 0 heterocycles. The lowest BCUT2D eigenvalue weighted by Gasteiger charge is -1.95. The summed E-state index contributed by atoms with van der Waals surface area (Å²) >= 11 is 0. The number of unbranched alkanes of at least 4 members (excludes halogenated alkanes) is 8. The van der Waals surface area contributed by atoms with Crippen molar-refractivity contribution in [3.8, 4) is 0 Å². The smallest absolute Gasteiger partial charge is 0.303 e. The van der Waals surface area contributed by atoms with Crippen LogP contribution in [0.5, 0.6) is 0 Å². The van der Waals surface area contributed by atoms with E-state index in [-0.39, 0.29) is 6.42 Å². The van der Waals surface area contributed by atoms with Crippen LogP contribution in [0.2, 0.25) is 0 Å². The van der Waals surface area contributed by atoms with Crippen LogP contribution in [0.1, 0.15) is 104 Å². The van der Waals surface area contributed by atoms with E-state index in [1.165, 1.54) is 32.1 Å². The van der Waals surface area contributed by atoms with Gasteiger partial charge >= 0.3 is 11.9 Å². The molecule has 0 aliphatic rings. The molecule has 0 fully saturated rings. The van der Waals surface area contributed by atoms with Gasteiger partial charge in [0.25, 0.3) is 0 Å². The van der Waals surface area contributed by atoms with Crippen LogP contribution in [0.4, 0.5) is 0 Å². The third-order valence-corrected chi connectivity index (χ3v) is 3.80. The van der Waals surface area contributed by atoms with Crippen LogP contribution < -0.4 is 0 Å². The molecule has 26 heavy (non-hydrogen) atoms. The van der Waals surface area contributed by atoms with Gasteiger partial charge in [-0.1, -0.05) is 70.3 Å². The Balaban J connectivity index is 0. The van der Waals surface area contributed by atoms with E-state index in [1.54, 1.807) is 0 Å². The first kappa shape index (κ1) is 26.6. The highest BCUT2D eigenvalue weighted by Gasteiger charge is 1.95. The van der Waals surface area contributed by atoms with Gasteiger partial charge in [0, 0.05) is 12.8 Å². The number of hydrogen-bond acceptors (Lipinski definition) is 2. The summed E-state index contributed by atoms with van der Waals surface area (Å²) < 4.78 is 0. The highest BCUT2D eigenvalue weighted by Crippen LogP contribution is 2.04. The lowest BCUT2D eigenvalue weighted by Crippen LogP contribution is -1.93. The molecule has 0 aliphatic heterocycles. The van der Waals surface area contributed by atoms with Crippen molar-refractivity contribution in [1.29, 1.82) is 0 Å². The van der Waals surface area contributed by atoms with Gasteiger partial charge in [0.1, 0.15) is 0 Å². The Morgan fingerprint density at radius 3 is 1.38 bits per heavy atom. The molecular formula is C22H40O4. The number of carboxylic acids is 2. The molecule has 0 amide bonds. The molecule has 0 aliphatic carbocycles. The van der Waals surface area contributed by atoms with E-state index < -0.39 is 11.9 Å². The molecule has 2 N–H and O–H groups in total. The summed E-state index contributed by atoms with van der Waals surface area (Å²) in [6.45, 7) is 4.36. The molecule has 0 aromatic heterocycles. The molecule has 152 valence electrons. The van der Waals surface area contributed by atoms with Crippen LogP contribution in [0.25, 0.3) is 0 Å². The maximum Gasteiger partial charge on any atom is 0.303 e. The third-order valence-electron chi connectivity index (χ3n) is 3.80. The minimum atomic E-state index is -0.697. The second-order valence-electron chi connectivity index (χ2n) is 6.51. The average Bonchev–Trinajstić information content (AvgIpc) is 2.59. The molecular weight excluding hydrogens is 328 g/mol. The van der Waals surface area contributed by atoms with Gasteiger partial charge in [-0.2, -0.15) is 0 Å². The van der Waals surface area contributed by atoms with Crippen LogP contribution in [0, 0.1) is 0 Å². The standard InChI is InChI=1S/C12H22O2.C10H18O2/c1-2-3-4-5-6-7-8-9-10-11-12(13)14;1-2-3-4-5-6-7-8-9-10(11)12/h5-6H,2-4,7-11H2,1H3,(H,13,14);5-6H,2-4,7-9H2,1H3,(H,11,12)/b2*6-5+. The van der Waals surface area contributed by atoms with Gasteiger partial charge in [-0.25, -0.2) is 0 Å². The Morgan fingerprint density at radius 1 is 0.577 bits per heavy atom. The van der Waals surface area contributed by atoms with Gasteiger partial charge in [0.05, 0.1) is 0 Å². The molecule has 0 rings (SSSR count). The number of carbonyl (C=O) groups is 2. The van der Waals surface area contributed by atoms with Crippen molar-refractivity contribution in [2.75, 3.05) is 0 Å². The summed E-state index contributed by atoms with van der Waals surface area (Å²) in [7, 11) is 0. The van der Waals surface area contributed by atoms with Gasteiger partial charge in [0.2, 0.25) is 0 Å². The Hall–Kier alpha value is -1.58. The normalized spacial score (nSPS) is 10.8. The lowest BCUT2D eigenvalue weighted by molar-refractivity contribution is -0.138. The van der Waals surface area contributed by atoms with E-state index in [2.05, 4.69) is 38.2 Å². The van der Waals surface area contributed by atoms with Crippen molar-refractivity contribution in [2.45, 2.75) is 104 Å². The Labute approximate surface area is 160 Å². The minimum absolute atomic E-state index is 0.290. The summed E-state index contributed by atoms with van der Waals surface area (Å²) in [5.74, 6) is -1.37. The molecule has 0 radical (unpaired) electrons. The van der Waals surface area contributed by atoms with Crippen LogP contribution in [-0.4, -0.2) is 22.2 Å². The first-order valence-corrected chi connectivity index (χ1v) is 10.3. The Bertz CT molecular complexity index is 372. The summed E-state index contributed by atoms with van der Waals surface area (Å²) in [4.78, 5) is 20.3. The van der Waals surface area contributed by atoms with Crippen molar-refractivity contribution in [2.24, 2.45) is 0 Å². The van der Waals surface area contributed by atoms with Crippen molar-refractivity contribution in [3.05, 3.63) is 24.3 Å². The molecule has 0 aromatic rings. The fraction of sp³-hybridized carbons (Fsp3) is 0.727. The van der Waals surface area contributed by atoms with Crippen molar-refractivity contribution < 1.29 is 19.8 Å². The molecule has 0 aromatic carbocycles. The Kier molecular flexibility index (Phi) is 24.0. The van der Waals surface area contributed by atoms with Gasteiger partial charge in [-0.3, -0.25) is 9.59 Å². The van der Waals surface area contributed by atoms with Crippen LogP contribution in [-0.2, 0) is 9.59 Å². The third kappa shape index (κ3) is 30.3. The molecule has 0 saturated carbocycles. The van der Waals surface area contributed by atoms with Gasteiger partial charge in [-0.15, -0.1) is 0 Å². The van der Waals surface area contributed by atoms with Crippen LogP contribution in [0.15, 0.2) is 24.3 Å². The van der Waals surface area contributed by atoms with Crippen molar-refractivity contribution in [3.63, 3.8) is 0 Å². The number of allylic oxidation sites excluding steroid dienone is 4. The monoisotopic (exact) mass is 368 g/mol. The average molecular weight is 369 g/mol. The number of rotatable bonds is 16. The maximum absolute atomic E-state index is 10.2. The fourth-order valence-electron chi connectivity index (χ4n) is 2.20. The van der Waals surface area contributed by atoms with E-state index in [0.29, 0.717) is 6.42 Å². The summed E-state index contributed by atoms with van der Waals surface area (Å²) in [6.07, 6.45) is 22.3.